The van der Waals surface area contributed by atoms with Gasteiger partial charge in [0.05, 0.1) is 5.92 Å². The molecule has 0 spiro atoms. The molecule has 0 saturated carbocycles. The van der Waals surface area contributed by atoms with E-state index in [-0.39, 0.29) is 5.92 Å². The van der Waals surface area contributed by atoms with Gasteiger partial charge in [0.1, 0.15) is 12.7 Å². The van der Waals surface area contributed by atoms with Gasteiger partial charge in [0.2, 0.25) is 5.91 Å². The molecule has 1 unspecified atom stereocenters. The topological polar surface area (TPSA) is 80.0 Å². The van der Waals surface area contributed by atoms with Gasteiger partial charge in [-0.3, -0.25) is 4.79 Å². The lowest BCUT2D eigenvalue weighted by atomic mass is 9.93. The minimum Gasteiger partial charge on any atom is -0.354 e. The Morgan fingerprint density at radius 1 is 1.08 bits per heavy atom. The molecule has 2 aromatic rings. The first kappa shape index (κ1) is 16.9. The molecule has 0 radical (unpaired) electrons. The summed E-state index contributed by atoms with van der Waals surface area (Å²) in [5, 5.41) is 12.6. The summed E-state index contributed by atoms with van der Waals surface area (Å²) in [6.45, 7) is 5.72. The zero-order valence-corrected chi connectivity index (χ0v) is 15.2. The van der Waals surface area contributed by atoms with E-state index in [9.17, 15) is 4.79 Å². The summed E-state index contributed by atoms with van der Waals surface area (Å²) in [5.41, 5.74) is 0. The molecule has 0 N–H and O–H groups in total. The maximum atomic E-state index is 12.9. The van der Waals surface area contributed by atoms with Gasteiger partial charge in [-0.05, 0) is 43.7 Å². The monoisotopic (exact) mass is 355 g/mol. The molecular weight excluding hydrogens is 330 g/mol. The van der Waals surface area contributed by atoms with Crippen molar-refractivity contribution in [2.45, 2.75) is 32.6 Å². The first-order valence-electron chi connectivity index (χ1n) is 9.43. The summed E-state index contributed by atoms with van der Waals surface area (Å²) in [4.78, 5) is 21.1. The molecule has 0 aromatic carbocycles. The highest BCUT2D eigenvalue weighted by Gasteiger charge is 2.31. The second-order valence-corrected chi connectivity index (χ2v) is 7.38. The molecule has 2 saturated heterocycles. The van der Waals surface area contributed by atoms with Crippen molar-refractivity contribution in [2.24, 2.45) is 11.8 Å². The van der Waals surface area contributed by atoms with E-state index in [2.05, 4.69) is 37.0 Å². The van der Waals surface area contributed by atoms with Crippen LogP contribution in [0.2, 0.25) is 0 Å². The lowest BCUT2D eigenvalue weighted by molar-refractivity contribution is -0.137. The highest BCUT2D eigenvalue weighted by molar-refractivity contribution is 5.79. The number of nitrogens with zero attached hydrogens (tertiary/aromatic N) is 7. The molecule has 1 atom stereocenters. The fourth-order valence-corrected chi connectivity index (χ4v) is 3.81. The van der Waals surface area contributed by atoms with Crippen LogP contribution in [0.5, 0.6) is 0 Å². The maximum absolute atomic E-state index is 12.9. The predicted octanol–water partition coefficient (Wildman–Crippen LogP) is 1.53. The quantitative estimate of drug-likeness (QED) is 0.831. The van der Waals surface area contributed by atoms with Crippen molar-refractivity contribution in [3.05, 3.63) is 24.8 Å². The van der Waals surface area contributed by atoms with Gasteiger partial charge in [-0.25, -0.2) is 9.67 Å². The second kappa shape index (κ2) is 7.39. The molecule has 1 amide bonds. The van der Waals surface area contributed by atoms with Crippen LogP contribution in [0, 0.1) is 11.8 Å². The van der Waals surface area contributed by atoms with Crippen molar-refractivity contribution in [1.82, 2.24) is 29.9 Å². The van der Waals surface area contributed by atoms with Gasteiger partial charge in [-0.1, -0.05) is 6.92 Å². The molecule has 4 rings (SSSR count). The summed E-state index contributed by atoms with van der Waals surface area (Å²) < 4.78 is 1.58. The average molecular weight is 355 g/mol. The van der Waals surface area contributed by atoms with Crippen molar-refractivity contribution < 1.29 is 4.79 Å². The van der Waals surface area contributed by atoms with Crippen molar-refractivity contribution in [3.63, 3.8) is 0 Å². The lowest BCUT2D eigenvalue weighted by Crippen LogP contribution is -2.47. The Morgan fingerprint density at radius 3 is 2.54 bits per heavy atom. The van der Waals surface area contributed by atoms with Gasteiger partial charge in [-0.15, -0.1) is 10.2 Å². The molecule has 8 nitrogen and oxygen atoms in total. The summed E-state index contributed by atoms with van der Waals surface area (Å²) in [7, 11) is 0. The zero-order chi connectivity index (χ0) is 17.9. The van der Waals surface area contributed by atoms with Crippen molar-refractivity contribution in [1.29, 1.82) is 0 Å². The molecular formula is C18H25N7O. The molecule has 0 aliphatic carbocycles. The van der Waals surface area contributed by atoms with Crippen molar-refractivity contribution in [3.8, 4) is 5.82 Å². The first-order valence-corrected chi connectivity index (χ1v) is 9.43. The molecule has 0 bridgehead atoms. The van der Waals surface area contributed by atoms with Crippen LogP contribution < -0.4 is 4.90 Å². The summed E-state index contributed by atoms with van der Waals surface area (Å²) in [5.74, 6) is 2.57. The average Bonchev–Trinajstić information content (AvgIpc) is 3.23. The Hall–Kier alpha value is -2.51. The number of carbonyl (C=O) groups is 1. The summed E-state index contributed by atoms with van der Waals surface area (Å²) in [6.07, 6.45) is 7.28. The minimum absolute atomic E-state index is 0.0638. The van der Waals surface area contributed by atoms with E-state index in [1.807, 2.05) is 12.1 Å². The van der Waals surface area contributed by atoms with E-state index < -0.39 is 0 Å². The van der Waals surface area contributed by atoms with Gasteiger partial charge in [0.25, 0.3) is 0 Å². The van der Waals surface area contributed by atoms with Crippen LogP contribution >= 0.6 is 0 Å². The van der Waals surface area contributed by atoms with Gasteiger partial charge in [0.15, 0.2) is 11.6 Å². The normalized spacial score (nSPS) is 21.8. The number of amides is 1. The Morgan fingerprint density at radius 2 is 1.85 bits per heavy atom. The highest BCUT2D eigenvalue weighted by Crippen LogP contribution is 2.25. The van der Waals surface area contributed by atoms with E-state index in [0.717, 1.165) is 63.6 Å². The van der Waals surface area contributed by atoms with Crippen LogP contribution in [0.4, 0.5) is 5.82 Å². The van der Waals surface area contributed by atoms with Gasteiger partial charge in [-0.2, -0.15) is 5.10 Å². The van der Waals surface area contributed by atoms with Crippen LogP contribution in [0.25, 0.3) is 5.82 Å². The highest BCUT2D eigenvalue weighted by atomic mass is 16.2. The molecule has 2 aliphatic heterocycles. The molecule has 8 heteroatoms. The van der Waals surface area contributed by atoms with E-state index in [0.29, 0.717) is 11.7 Å². The van der Waals surface area contributed by atoms with Gasteiger partial charge in [0, 0.05) is 26.2 Å². The minimum atomic E-state index is 0.0638. The molecule has 26 heavy (non-hydrogen) atoms. The van der Waals surface area contributed by atoms with E-state index in [1.54, 1.807) is 11.0 Å². The predicted molar refractivity (Wildman–Crippen MR) is 96.9 cm³/mol. The number of carbonyl (C=O) groups excluding carboxylic acids is 1. The lowest BCUT2D eigenvalue weighted by Gasteiger charge is -2.37. The van der Waals surface area contributed by atoms with E-state index in [1.165, 1.54) is 6.33 Å². The van der Waals surface area contributed by atoms with Crippen LogP contribution in [-0.2, 0) is 4.79 Å². The Balaban J connectivity index is 1.41. The van der Waals surface area contributed by atoms with Crippen LogP contribution in [0.15, 0.2) is 24.8 Å². The Labute approximate surface area is 153 Å². The van der Waals surface area contributed by atoms with Crippen molar-refractivity contribution in [2.75, 3.05) is 31.1 Å². The van der Waals surface area contributed by atoms with Crippen LogP contribution in [0.1, 0.15) is 32.6 Å². The van der Waals surface area contributed by atoms with E-state index in [4.69, 9.17) is 0 Å². The number of hydrogen-bond donors (Lipinski definition) is 0. The first-order chi connectivity index (χ1) is 12.7. The standard InChI is InChI=1S/C18H25N7O/c1-14-6-9-23(10-7-14)18(26)15-3-2-8-24(11-15)16-4-5-17(22-21-16)25-13-19-12-20-25/h4-5,12-15H,2-3,6-11H2,1H3. The van der Waals surface area contributed by atoms with Gasteiger partial charge >= 0.3 is 0 Å². The third-order valence-electron chi connectivity index (χ3n) is 5.48. The third kappa shape index (κ3) is 3.54. The molecule has 4 heterocycles. The number of anilines is 1. The molecule has 2 aliphatic rings. The fraction of sp³-hybridized carbons (Fsp3) is 0.611. The number of hydrogen-bond acceptors (Lipinski definition) is 6. The van der Waals surface area contributed by atoms with Gasteiger partial charge < -0.3 is 9.80 Å². The van der Waals surface area contributed by atoms with Crippen molar-refractivity contribution >= 4 is 11.7 Å². The molecule has 2 aromatic heterocycles. The van der Waals surface area contributed by atoms with Crippen LogP contribution in [0.3, 0.4) is 0 Å². The van der Waals surface area contributed by atoms with E-state index >= 15 is 0 Å². The maximum Gasteiger partial charge on any atom is 0.227 e. The summed E-state index contributed by atoms with van der Waals surface area (Å²) in [6, 6.07) is 3.83. The van der Waals surface area contributed by atoms with Crippen LogP contribution in [-0.4, -0.2) is 61.9 Å². The number of aromatic nitrogens is 5. The Bertz CT molecular complexity index is 723. The SMILES string of the molecule is CC1CCN(C(=O)C2CCCN(c3ccc(-n4cncn4)nn3)C2)CC1. The molecule has 2 fully saturated rings. The fourth-order valence-electron chi connectivity index (χ4n) is 3.81. The molecule has 138 valence electrons. The number of likely N-dealkylation sites (tertiary alicyclic amines) is 1. The largest absolute Gasteiger partial charge is 0.354 e. The second-order valence-electron chi connectivity index (χ2n) is 7.38. The Kier molecular flexibility index (Phi) is 4.81. The zero-order valence-electron chi connectivity index (χ0n) is 15.2. The number of piperidine rings is 2. The number of rotatable bonds is 3. The third-order valence-corrected chi connectivity index (χ3v) is 5.48. The summed E-state index contributed by atoms with van der Waals surface area (Å²) >= 11 is 0. The smallest absolute Gasteiger partial charge is 0.227 e.